The Labute approximate surface area is 124 Å². The van der Waals surface area contributed by atoms with Gasteiger partial charge in [0.25, 0.3) is 0 Å². The molecule has 0 unspecified atom stereocenters. The summed E-state index contributed by atoms with van der Waals surface area (Å²) in [6.07, 6.45) is 3.54. The van der Waals surface area contributed by atoms with Crippen LogP contribution >= 0.6 is 0 Å². The number of nitrogens with zero attached hydrogens (tertiary/aromatic N) is 4. The molecule has 0 fully saturated rings. The van der Waals surface area contributed by atoms with Crippen LogP contribution < -0.4 is 5.32 Å². The van der Waals surface area contributed by atoms with Crippen LogP contribution in [0.4, 0.5) is 5.82 Å². The van der Waals surface area contributed by atoms with E-state index in [1.54, 1.807) is 17.8 Å². The van der Waals surface area contributed by atoms with Gasteiger partial charge < -0.3 is 20.1 Å². The summed E-state index contributed by atoms with van der Waals surface area (Å²) in [6, 6.07) is 1.31. The van der Waals surface area contributed by atoms with E-state index in [1.165, 1.54) is 0 Å². The molecule has 2 heterocycles. The van der Waals surface area contributed by atoms with Crippen molar-refractivity contribution in [3.63, 3.8) is 0 Å². The van der Waals surface area contributed by atoms with E-state index in [2.05, 4.69) is 15.4 Å². The van der Waals surface area contributed by atoms with Crippen molar-refractivity contribution in [1.29, 1.82) is 0 Å². The smallest absolute Gasteiger partial charge is 0.148 e. The molecule has 0 saturated heterocycles. The Kier molecular flexibility index (Phi) is 4.98. The molecule has 0 aromatic carbocycles. The van der Waals surface area contributed by atoms with Crippen molar-refractivity contribution in [3.05, 3.63) is 30.5 Å². The molecule has 0 spiro atoms. The molecule has 21 heavy (non-hydrogen) atoms. The minimum Gasteiger partial charge on any atom is -0.391 e. The van der Waals surface area contributed by atoms with E-state index < -0.39 is 18.2 Å². The molecule has 116 valence electrons. The Bertz CT molecular complexity index is 563. The van der Waals surface area contributed by atoms with Crippen molar-refractivity contribution in [3.8, 4) is 0 Å². The number of anilines is 1. The number of aryl methyl sites for hydroxylation is 2. The summed E-state index contributed by atoms with van der Waals surface area (Å²) in [7, 11) is 0. The van der Waals surface area contributed by atoms with Gasteiger partial charge in [-0.1, -0.05) is 0 Å². The van der Waals surface area contributed by atoms with Crippen LogP contribution in [0.3, 0.4) is 0 Å². The Hall–Kier alpha value is -1.86. The van der Waals surface area contributed by atoms with E-state index in [0.717, 1.165) is 13.1 Å². The summed E-state index contributed by atoms with van der Waals surface area (Å²) >= 11 is 0. The van der Waals surface area contributed by atoms with Gasteiger partial charge >= 0.3 is 0 Å². The van der Waals surface area contributed by atoms with Crippen LogP contribution in [0, 0.1) is 0 Å². The molecule has 0 amide bonds. The lowest BCUT2D eigenvalue weighted by molar-refractivity contribution is 0.0167. The highest BCUT2D eigenvalue weighted by Gasteiger charge is 2.29. The van der Waals surface area contributed by atoms with E-state index in [0.29, 0.717) is 11.6 Å². The number of nitrogens with one attached hydrogen (secondary N) is 1. The number of imidazole rings is 1. The topological polar surface area (TPSA) is 88.1 Å². The molecule has 0 saturated carbocycles. The van der Waals surface area contributed by atoms with Crippen molar-refractivity contribution in [2.24, 2.45) is 0 Å². The number of aliphatic hydroxyl groups excluding tert-OH is 2. The highest BCUT2D eigenvalue weighted by Crippen LogP contribution is 2.23. The first-order chi connectivity index (χ1) is 10.1. The molecule has 0 radical (unpaired) electrons. The van der Waals surface area contributed by atoms with Crippen molar-refractivity contribution in [2.45, 2.75) is 52.1 Å². The maximum atomic E-state index is 10.3. The van der Waals surface area contributed by atoms with Gasteiger partial charge in [0.1, 0.15) is 23.8 Å². The first-order valence-electron chi connectivity index (χ1n) is 7.24. The van der Waals surface area contributed by atoms with Gasteiger partial charge in [0.2, 0.25) is 0 Å². The van der Waals surface area contributed by atoms with Gasteiger partial charge in [-0.3, -0.25) is 4.68 Å². The van der Waals surface area contributed by atoms with Gasteiger partial charge in [-0.2, -0.15) is 5.10 Å². The third-order valence-electron chi connectivity index (χ3n) is 3.47. The van der Waals surface area contributed by atoms with Gasteiger partial charge in [0.05, 0.1) is 6.10 Å². The standard InChI is InChI=1S/C14H23N5O2/c1-4-18-9-7-15-14(18)12(13(21)10(3)20)16-11-6-8-19(5-2)17-11/h6-10,12-13,20-21H,4-5H2,1-3H3,(H,16,17)/t10-,12-,13+/m0/s1. The van der Waals surface area contributed by atoms with Crippen molar-refractivity contribution < 1.29 is 10.2 Å². The summed E-state index contributed by atoms with van der Waals surface area (Å²) in [5.41, 5.74) is 0. The van der Waals surface area contributed by atoms with E-state index in [4.69, 9.17) is 0 Å². The predicted molar refractivity (Wildman–Crippen MR) is 79.9 cm³/mol. The van der Waals surface area contributed by atoms with Crippen molar-refractivity contribution in [2.75, 3.05) is 5.32 Å². The number of aliphatic hydroxyl groups is 2. The molecular formula is C14H23N5O2. The summed E-state index contributed by atoms with van der Waals surface area (Å²) < 4.78 is 3.72. The van der Waals surface area contributed by atoms with Gasteiger partial charge in [-0.25, -0.2) is 4.98 Å². The molecule has 2 aromatic heterocycles. The maximum absolute atomic E-state index is 10.3. The summed E-state index contributed by atoms with van der Waals surface area (Å²) in [4.78, 5) is 4.31. The summed E-state index contributed by atoms with van der Waals surface area (Å²) in [5.74, 6) is 1.32. The number of hydrogen-bond donors (Lipinski definition) is 3. The first-order valence-corrected chi connectivity index (χ1v) is 7.24. The molecule has 7 nitrogen and oxygen atoms in total. The van der Waals surface area contributed by atoms with E-state index in [-0.39, 0.29) is 0 Å². The molecular weight excluding hydrogens is 270 g/mol. The predicted octanol–water partition coefficient (Wildman–Crippen LogP) is 1.01. The fourth-order valence-electron chi connectivity index (χ4n) is 2.22. The number of rotatable bonds is 7. The van der Waals surface area contributed by atoms with Crippen LogP contribution in [0.5, 0.6) is 0 Å². The fourth-order valence-corrected chi connectivity index (χ4v) is 2.22. The van der Waals surface area contributed by atoms with E-state index >= 15 is 0 Å². The van der Waals surface area contributed by atoms with Crippen molar-refractivity contribution in [1.82, 2.24) is 19.3 Å². The number of aromatic nitrogens is 4. The zero-order valence-corrected chi connectivity index (χ0v) is 12.6. The Morgan fingerprint density at radius 1 is 1.24 bits per heavy atom. The molecule has 0 aliphatic heterocycles. The molecule has 3 N–H and O–H groups in total. The highest BCUT2D eigenvalue weighted by molar-refractivity contribution is 5.35. The van der Waals surface area contributed by atoms with E-state index in [9.17, 15) is 10.2 Å². The lowest BCUT2D eigenvalue weighted by atomic mass is 10.1. The maximum Gasteiger partial charge on any atom is 0.148 e. The zero-order valence-electron chi connectivity index (χ0n) is 12.6. The monoisotopic (exact) mass is 293 g/mol. The molecule has 0 aliphatic rings. The molecule has 2 rings (SSSR count). The lowest BCUT2D eigenvalue weighted by Gasteiger charge is -2.26. The average Bonchev–Trinajstić information content (AvgIpc) is 3.12. The lowest BCUT2D eigenvalue weighted by Crippen LogP contribution is -2.36. The SMILES string of the molecule is CCn1ccc(N[C@H](c2nccn2CC)[C@H](O)[C@H](C)O)n1. The Balaban J connectivity index is 2.28. The highest BCUT2D eigenvalue weighted by atomic mass is 16.3. The second-order valence-electron chi connectivity index (χ2n) is 4.98. The van der Waals surface area contributed by atoms with Gasteiger partial charge in [-0.15, -0.1) is 0 Å². The third-order valence-corrected chi connectivity index (χ3v) is 3.47. The fraction of sp³-hybridized carbons (Fsp3) is 0.571. The second-order valence-corrected chi connectivity index (χ2v) is 4.98. The van der Waals surface area contributed by atoms with Crippen molar-refractivity contribution >= 4 is 5.82 Å². The summed E-state index contributed by atoms with van der Waals surface area (Å²) in [5, 5.41) is 27.6. The van der Waals surface area contributed by atoms with E-state index in [1.807, 2.05) is 36.9 Å². The minimum atomic E-state index is -0.982. The van der Waals surface area contributed by atoms with Crippen LogP contribution in [0.15, 0.2) is 24.7 Å². The zero-order chi connectivity index (χ0) is 15.4. The third kappa shape index (κ3) is 3.43. The molecule has 3 atom stereocenters. The average molecular weight is 293 g/mol. The number of hydrogen-bond acceptors (Lipinski definition) is 5. The van der Waals surface area contributed by atoms with Gasteiger partial charge in [0.15, 0.2) is 0 Å². The van der Waals surface area contributed by atoms with Crippen LogP contribution in [-0.2, 0) is 13.1 Å². The quantitative estimate of drug-likeness (QED) is 0.709. The first kappa shape index (κ1) is 15.5. The van der Waals surface area contributed by atoms with Gasteiger partial charge in [-0.05, 0) is 20.8 Å². The second kappa shape index (κ2) is 6.73. The van der Waals surface area contributed by atoms with Crippen LogP contribution in [0.1, 0.15) is 32.6 Å². The molecule has 0 aliphatic carbocycles. The Morgan fingerprint density at radius 2 is 2.00 bits per heavy atom. The van der Waals surface area contributed by atoms with Crippen LogP contribution in [0.25, 0.3) is 0 Å². The van der Waals surface area contributed by atoms with Crippen LogP contribution in [0.2, 0.25) is 0 Å². The molecule has 2 aromatic rings. The summed E-state index contributed by atoms with van der Waals surface area (Å²) in [6.45, 7) is 7.08. The van der Waals surface area contributed by atoms with Crippen LogP contribution in [-0.4, -0.2) is 41.8 Å². The van der Waals surface area contributed by atoms with Gasteiger partial charge in [0, 0.05) is 37.7 Å². The Morgan fingerprint density at radius 3 is 2.57 bits per heavy atom. The normalized spacial score (nSPS) is 15.7. The molecule has 7 heteroatoms. The largest absolute Gasteiger partial charge is 0.391 e. The minimum absolute atomic E-state index is 0.528. The molecule has 0 bridgehead atoms.